The highest BCUT2D eigenvalue weighted by Gasteiger charge is 2.43. The Morgan fingerprint density at radius 3 is 2.78 bits per heavy atom. The SMILES string of the molecule is CC1(C)C[C@@H](C(=O)Nc2cnc(-n3cc(C#N)cn3)c(Cl)c2)c2cnc3cc(Cl)nn3c21. The van der Waals surface area contributed by atoms with Gasteiger partial charge in [0.15, 0.2) is 16.6 Å². The topological polar surface area (TPSA) is 114 Å². The quantitative estimate of drug-likeness (QED) is 0.489. The zero-order valence-electron chi connectivity index (χ0n) is 17.0. The second kappa shape index (κ2) is 7.29. The number of carbonyl (C=O) groups excluding carboxylic acids is 1. The molecule has 4 heterocycles. The minimum Gasteiger partial charge on any atom is -0.324 e. The summed E-state index contributed by atoms with van der Waals surface area (Å²) in [5.41, 5.74) is 2.94. The van der Waals surface area contributed by atoms with Gasteiger partial charge >= 0.3 is 0 Å². The first-order valence-electron chi connectivity index (χ1n) is 9.73. The fourth-order valence-corrected chi connectivity index (χ4v) is 4.62. The minimum atomic E-state index is -0.414. The average Bonchev–Trinajstić information content (AvgIpc) is 3.42. The van der Waals surface area contributed by atoms with Crippen LogP contribution in [0, 0.1) is 11.3 Å². The fourth-order valence-electron chi connectivity index (χ4n) is 4.20. The fraction of sp³-hybridized carbons (Fsp3) is 0.238. The largest absolute Gasteiger partial charge is 0.324 e. The average molecular weight is 467 g/mol. The number of hydrogen-bond acceptors (Lipinski definition) is 6. The first-order chi connectivity index (χ1) is 15.3. The molecule has 160 valence electrons. The van der Waals surface area contributed by atoms with E-state index in [1.165, 1.54) is 23.3 Å². The van der Waals surface area contributed by atoms with E-state index in [-0.39, 0.29) is 16.3 Å². The third-order valence-electron chi connectivity index (χ3n) is 5.55. The van der Waals surface area contributed by atoms with Crippen molar-refractivity contribution in [2.24, 2.45) is 0 Å². The molecule has 1 aliphatic carbocycles. The molecule has 4 aromatic heterocycles. The molecule has 5 rings (SSSR count). The van der Waals surface area contributed by atoms with Crippen molar-refractivity contribution in [3.63, 3.8) is 0 Å². The van der Waals surface area contributed by atoms with Crippen molar-refractivity contribution in [1.29, 1.82) is 5.26 Å². The van der Waals surface area contributed by atoms with Gasteiger partial charge < -0.3 is 5.32 Å². The number of nitrogens with zero attached hydrogens (tertiary/aromatic N) is 7. The van der Waals surface area contributed by atoms with Crippen molar-refractivity contribution in [2.75, 3.05) is 5.32 Å². The Morgan fingerprint density at radius 2 is 2.06 bits per heavy atom. The van der Waals surface area contributed by atoms with Crippen molar-refractivity contribution in [1.82, 2.24) is 29.4 Å². The summed E-state index contributed by atoms with van der Waals surface area (Å²) >= 11 is 12.4. The van der Waals surface area contributed by atoms with Crippen LogP contribution in [0.15, 0.2) is 36.9 Å². The van der Waals surface area contributed by atoms with Crippen LogP contribution in [0.1, 0.15) is 43.0 Å². The van der Waals surface area contributed by atoms with E-state index >= 15 is 0 Å². The lowest BCUT2D eigenvalue weighted by molar-refractivity contribution is -0.117. The second-order valence-corrected chi connectivity index (χ2v) is 9.04. The minimum absolute atomic E-state index is 0.187. The molecule has 0 unspecified atom stereocenters. The molecule has 0 saturated heterocycles. The molecule has 0 saturated carbocycles. The lowest BCUT2D eigenvalue weighted by Gasteiger charge is -2.19. The van der Waals surface area contributed by atoms with Crippen LogP contribution in [0.2, 0.25) is 10.2 Å². The van der Waals surface area contributed by atoms with Crippen LogP contribution in [-0.4, -0.2) is 35.3 Å². The smallest absolute Gasteiger partial charge is 0.232 e. The number of fused-ring (bicyclic) bond motifs is 3. The molecule has 1 N–H and O–H groups in total. The van der Waals surface area contributed by atoms with Crippen LogP contribution < -0.4 is 5.32 Å². The summed E-state index contributed by atoms with van der Waals surface area (Å²) in [5.74, 6) is -0.240. The Hall–Kier alpha value is -3.48. The van der Waals surface area contributed by atoms with Gasteiger partial charge in [0, 0.05) is 23.2 Å². The van der Waals surface area contributed by atoms with Crippen molar-refractivity contribution in [3.8, 4) is 11.9 Å². The van der Waals surface area contributed by atoms with Gasteiger partial charge in [-0.2, -0.15) is 15.5 Å². The number of amides is 1. The summed E-state index contributed by atoms with van der Waals surface area (Å²) in [6, 6.07) is 5.30. The van der Waals surface area contributed by atoms with Crippen LogP contribution in [0.3, 0.4) is 0 Å². The number of halogens is 2. The van der Waals surface area contributed by atoms with Gasteiger partial charge in [0.2, 0.25) is 5.91 Å². The highest BCUT2D eigenvalue weighted by atomic mass is 35.5. The number of anilines is 1. The van der Waals surface area contributed by atoms with Crippen LogP contribution >= 0.6 is 23.2 Å². The van der Waals surface area contributed by atoms with Gasteiger partial charge in [-0.3, -0.25) is 4.79 Å². The maximum absolute atomic E-state index is 13.2. The number of hydrogen-bond donors (Lipinski definition) is 1. The van der Waals surface area contributed by atoms with E-state index < -0.39 is 5.92 Å². The van der Waals surface area contributed by atoms with Gasteiger partial charge in [0.05, 0.1) is 46.5 Å². The summed E-state index contributed by atoms with van der Waals surface area (Å²) in [4.78, 5) is 21.9. The maximum atomic E-state index is 13.2. The van der Waals surface area contributed by atoms with E-state index in [9.17, 15) is 4.79 Å². The molecule has 4 aromatic rings. The number of pyridine rings is 1. The molecular weight excluding hydrogens is 451 g/mol. The molecule has 0 aliphatic heterocycles. The molecule has 0 fully saturated rings. The molecule has 1 atom stereocenters. The molecule has 0 bridgehead atoms. The van der Waals surface area contributed by atoms with Gasteiger partial charge in [-0.05, 0) is 12.5 Å². The van der Waals surface area contributed by atoms with Crippen LogP contribution in [0.4, 0.5) is 5.69 Å². The zero-order chi connectivity index (χ0) is 22.6. The number of rotatable bonds is 3. The molecule has 32 heavy (non-hydrogen) atoms. The third-order valence-corrected chi connectivity index (χ3v) is 6.01. The van der Waals surface area contributed by atoms with E-state index in [1.807, 2.05) is 6.07 Å². The van der Waals surface area contributed by atoms with E-state index in [0.29, 0.717) is 34.3 Å². The standard InChI is InChI=1S/C21H16Cl2N8O/c1-21(2)5-13(14-9-25-17-4-16(23)29-31(17)18(14)21)20(32)28-12-3-15(22)19(26-8-12)30-10-11(6-24)7-27-30/h3-4,7-10,13H,5H2,1-2H3,(H,28,32)/t13-/m1/s1. The summed E-state index contributed by atoms with van der Waals surface area (Å²) in [5, 5.41) is 20.9. The van der Waals surface area contributed by atoms with Gasteiger partial charge in [0.1, 0.15) is 6.07 Å². The molecule has 0 radical (unpaired) electrons. The molecule has 0 spiro atoms. The van der Waals surface area contributed by atoms with Crippen molar-refractivity contribution in [2.45, 2.75) is 31.6 Å². The van der Waals surface area contributed by atoms with Gasteiger partial charge in [-0.25, -0.2) is 19.2 Å². The monoisotopic (exact) mass is 466 g/mol. The Labute approximate surface area is 192 Å². The number of aromatic nitrogens is 6. The first kappa shape index (κ1) is 20.4. The van der Waals surface area contributed by atoms with Crippen LogP contribution in [0.25, 0.3) is 11.5 Å². The Kier molecular flexibility index (Phi) is 4.65. The maximum Gasteiger partial charge on any atom is 0.232 e. The number of nitrogens with one attached hydrogen (secondary N) is 1. The van der Waals surface area contributed by atoms with E-state index in [1.54, 1.807) is 22.8 Å². The zero-order valence-corrected chi connectivity index (χ0v) is 18.6. The lowest BCUT2D eigenvalue weighted by atomic mass is 9.88. The third kappa shape index (κ3) is 3.28. The molecule has 1 aliphatic rings. The van der Waals surface area contributed by atoms with Gasteiger partial charge in [-0.15, -0.1) is 0 Å². The van der Waals surface area contributed by atoms with Crippen LogP contribution in [-0.2, 0) is 10.2 Å². The van der Waals surface area contributed by atoms with E-state index in [0.717, 1.165) is 11.3 Å². The van der Waals surface area contributed by atoms with Gasteiger partial charge in [0.25, 0.3) is 0 Å². The van der Waals surface area contributed by atoms with Crippen molar-refractivity contribution >= 4 is 40.4 Å². The summed E-state index contributed by atoms with van der Waals surface area (Å²) in [6.07, 6.45) is 6.77. The van der Waals surface area contributed by atoms with Crippen molar-refractivity contribution < 1.29 is 4.79 Å². The summed E-state index contributed by atoms with van der Waals surface area (Å²) in [7, 11) is 0. The summed E-state index contributed by atoms with van der Waals surface area (Å²) in [6.45, 7) is 4.14. The lowest BCUT2D eigenvalue weighted by Crippen LogP contribution is -2.21. The Morgan fingerprint density at radius 1 is 1.25 bits per heavy atom. The predicted octanol–water partition coefficient (Wildman–Crippen LogP) is 3.89. The first-order valence-corrected chi connectivity index (χ1v) is 10.5. The Balaban J connectivity index is 1.43. The highest BCUT2D eigenvalue weighted by molar-refractivity contribution is 6.32. The molecule has 9 nitrogen and oxygen atoms in total. The highest BCUT2D eigenvalue weighted by Crippen LogP contribution is 2.46. The summed E-state index contributed by atoms with van der Waals surface area (Å²) < 4.78 is 3.13. The van der Waals surface area contributed by atoms with Gasteiger partial charge in [-0.1, -0.05) is 37.0 Å². The number of carbonyl (C=O) groups is 1. The van der Waals surface area contributed by atoms with E-state index in [2.05, 4.69) is 39.3 Å². The molecule has 11 heteroatoms. The van der Waals surface area contributed by atoms with Crippen molar-refractivity contribution in [3.05, 3.63) is 63.9 Å². The normalized spacial score (nSPS) is 16.7. The Bertz CT molecular complexity index is 1430. The molecular formula is C21H16Cl2N8O. The molecule has 0 aromatic carbocycles. The molecule has 1 amide bonds. The number of nitriles is 1. The van der Waals surface area contributed by atoms with Crippen LogP contribution in [0.5, 0.6) is 0 Å². The van der Waals surface area contributed by atoms with E-state index in [4.69, 9.17) is 28.5 Å². The second-order valence-electron chi connectivity index (χ2n) is 8.24. The predicted molar refractivity (Wildman–Crippen MR) is 118 cm³/mol.